The zero-order valence-corrected chi connectivity index (χ0v) is 21.1. The van der Waals surface area contributed by atoms with Crippen LogP contribution in [0.15, 0.2) is 48.5 Å². The molecular formula is C27H29N3O4S. The number of hydrogen-bond acceptors (Lipinski definition) is 8. The predicted octanol–water partition coefficient (Wildman–Crippen LogP) is 5.14. The van der Waals surface area contributed by atoms with Gasteiger partial charge in [-0.1, -0.05) is 18.2 Å². The number of morpholine rings is 1. The van der Waals surface area contributed by atoms with Crippen LogP contribution in [0, 0.1) is 6.92 Å². The Morgan fingerprint density at radius 3 is 2.60 bits per heavy atom. The van der Waals surface area contributed by atoms with Crippen molar-refractivity contribution in [2.24, 2.45) is 0 Å². The summed E-state index contributed by atoms with van der Waals surface area (Å²) < 4.78 is 22.6. The van der Waals surface area contributed by atoms with Crippen molar-refractivity contribution in [2.45, 2.75) is 13.3 Å². The SMILES string of the molecule is COc1cccc(CCOc2nc(N3CCOCC3)c3cc(-c4ccc(C)s4)ccc3n2)c1OC. The van der Waals surface area contributed by atoms with Gasteiger partial charge in [0.25, 0.3) is 0 Å². The zero-order valence-electron chi connectivity index (χ0n) is 20.2. The molecule has 2 aromatic carbocycles. The van der Waals surface area contributed by atoms with E-state index in [0.29, 0.717) is 38.0 Å². The Balaban J connectivity index is 1.44. The molecule has 0 radical (unpaired) electrons. The number of fused-ring (bicyclic) bond motifs is 1. The summed E-state index contributed by atoms with van der Waals surface area (Å²) in [5.74, 6) is 2.32. The van der Waals surface area contributed by atoms with Gasteiger partial charge in [0.2, 0.25) is 0 Å². The molecule has 0 atom stereocenters. The Morgan fingerprint density at radius 1 is 1.00 bits per heavy atom. The normalized spacial score (nSPS) is 13.7. The molecule has 1 aliphatic heterocycles. The minimum atomic E-state index is 0.376. The molecule has 0 saturated carbocycles. The molecule has 2 aromatic heterocycles. The fourth-order valence-corrected chi connectivity index (χ4v) is 5.18. The minimum Gasteiger partial charge on any atom is -0.493 e. The molecule has 5 rings (SSSR count). The van der Waals surface area contributed by atoms with Crippen molar-refractivity contribution in [1.29, 1.82) is 0 Å². The molecule has 0 spiro atoms. The third kappa shape index (κ3) is 5.04. The summed E-state index contributed by atoms with van der Waals surface area (Å²) in [5.41, 5.74) is 3.05. The molecule has 35 heavy (non-hydrogen) atoms. The summed E-state index contributed by atoms with van der Waals surface area (Å²) in [6.07, 6.45) is 0.644. The van der Waals surface area contributed by atoms with Crippen molar-refractivity contribution >= 4 is 28.1 Å². The fraction of sp³-hybridized carbons (Fsp3) is 0.333. The van der Waals surface area contributed by atoms with Gasteiger partial charge in [-0.15, -0.1) is 11.3 Å². The van der Waals surface area contributed by atoms with Crippen molar-refractivity contribution in [3.63, 3.8) is 0 Å². The highest BCUT2D eigenvalue weighted by atomic mass is 32.1. The second kappa shape index (κ2) is 10.5. The lowest BCUT2D eigenvalue weighted by atomic mass is 10.1. The highest BCUT2D eigenvalue weighted by Crippen LogP contribution is 2.34. The van der Waals surface area contributed by atoms with E-state index in [4.69, 9.17) is 28.9 Å². The third-order valence-corrected chi connectivity index (χ3v) is 7.13. The van der Waals surface area contributed by atoms with E-state index in [2.05, 4.69) is 42.2 Å². The first-order valence-electron chi connectivity index (χ1n) is 11.7. The van der Waals surface area contributed by atoms with Crippen LogP contribution in [0.2, 0.25) is 0 Å². The first-order valence-corrected chi connectivity index (χ1v) is 12.5. The van der Waals surface area contributed by atoms with Crippen LogP contribution < -0.4 is 19.1 Å². The maximum Gasteiger partial charge on any atom is 0.318 e. The Kier molecular flexibility index (Phi) is 7.01. The number of benzene rings is 2. The summed E-state index contributed by atoms with van der Waals surface area (Å²) in [5, 5.41) is 1.03. The quantitative estimate of drug-likeness (QED) is 0.338. The molecule has 1 fully saturated rings. The van der Waals surface area contributed by atoms with Crippen LogP contribution in [0.25, 0.3) is 21.3 Å². The van der Waals surface area contributed by atoms with Gasteiger partial charge >= 0.3 is 6.01 Å². The van der Waals surface area contributed by atoms with Gasteiger partial charge in [-0.3, -0.25) is 0 Å². The van der Waals surface area contributed by atoms with E-state index in [1.54, 1.807) is 25.6 Å². The van der Waals surface area contributed by atoms with E-state index in [9.17, 15) is 0 Å². The lowest BCUT2D eigenvalue weighted by Crippen LogP contribution is -2.37. The number of aryl methyl sites for hydroxylation is 1. The van der Waals surface area contributed by atoms with Gasteiger partial charge in [0.1, 0.15) is 5.82 Å². The summed E-state index contributed by atoms with van der Waals surface area (Å²) >= 11 is 1.79. The van der Waals surface area contributed by atoms with Gasteiger partial charge < -0.3 is 23.8 Å². The maximum absolute atomic E-state index is 6.07. The molecule has 3 heterocycles. The standard InChI is InChI=1S/C27H29N3O4S/c1-18-7-10-24(35-18)20-8-9-22-21(17-20)26(30-12-15-33-16-13-30)29-27(28-22)34-14-11-19-5-4-6-23(31-2)25(19)32-3/h4-10,17H,11-16H2,1-3H3. The number of rotatable bonds is 8. The molecule has 0 unspecified atom stereocenters. The van der Waals surface area contributed by atoms with Gasteiger partial charge in [-0.05, 0) is 42.8 Å². The topological polar surface area (TPSA) is 65.9 Å². The van der Waals surface area contributed by atoms with Crippen LogP contribution in [0.5, 0.6) is 17.5 Å². The molecule has 0 amide bonds. The number of nitrogens with zero attached hydrogens (tertiary/aromatic N) is 3. The highest BCUT2D eigenvalue weighted by molar-refractivity contribution is 7.15. The van der Waals surface area contributed by atoms with E-state index in [1.165, 1.54) is 15.3 Å². The van der Waals surface area contributed by atoms with Crippen LogP contribution in [0.1, 0.15) is 10.4 Å². The summed E-state index contributed by atoms with van der Waals surface area (Å²) in [7, 11) is 3.29. The van der Waals surface area contributed by atoms with E-state index in [1.807, 2.05) is 18.2 Å². The summed E-state index contributed by atoms with van der Waals surface area (Å²) in [4.78, 5) is 14.4. The van der Waals surface area contributed by atoms with Crippen molar-refractivity contribution in [1.82, 2.24) is 9.97 Å². The van der Waals surface area contributed by atoms with E-state index in [0.717, 1.165) is 41.1 Å². The van der Waals surface area contributed by atoms with Crippen molar-refractivity contribution in [3.8, 4) is 28.0 Å². The number of thiophene rings is 1. The van der Waals surface area contributed by atoms with Crippen LogP contribution >= 0.6 is 11.3 Å². The Hall–Kier alpha value is -3.36. The second-order valence-electron chi connectivity index (χ2n) is 8.32. The van der Waals surface area contributed by atoms with Gasteiger partial charge in [0.15, 0.2) is 11.5 Å². The van der Waals surface area contributed by atoms with Gasteiger partial charge in [-0.2, -0.15) is 9.97 Å². The zero-order chi connectivity index (χ0) is 24.2. The molecular weight excluding hydrogens is 462 g/mol. The van der Waals surface area contributed by atoms with Gasteiger partial charge in [-0.25, -0.2) is 0 Å². The summed E-state index contributed by atoms with van der Waals surface area (Å²) in [6, 6.07) is 16.9. The monoisotopic (exact) mass is 491 g/mol. The number of hydrogen-bond donors (Lipinski definition) is 0. The Bertz CT molecular complexity index is 1320. The van der Waals surface area contributed by atoms with E-state index < -0.39 is 0 Å². The lowest BCUT2D eigenvalue weighted by molar-refractivity contribution is 0.122. The first kappa shape index (κ1) is 23.4. The van der Waals surface area contributed by atoms with Crippen molar-refractivity contribution in [2.75, 3.05) is 52.0 Å². The molecule has 4 aromatic rings. The smallest absolute Gasteiger partial charge is 0.318 e. The molecule has 1 saturated heterocycles. The number of aromatic nitrogens is 2. The van der Waals surface area contributed by atoms with Gasteiger partial charge in [0.05, 0.1) is 39.6 Å². The van der Waals surface area contributed by atoms with Crippen LogP contribution in [-0.2, 0) is 11.2 Å². The maximum atomic E-state index is 6.07. The molecule has 0 bridgehead atoms. The lowest BCUT2D eigenvalue weighted by Gasteiger charge is -2.29. The van der Waals surface area contributed by atoms with Gasteiger partial charge in [0, 0.05) is 40.2 Å². The van der Waals surface area contributed by atoms with E-state index >= 15 is 0 Å². The largest absolute Gasteiger partial charge is 0.493 e. The van der Waals surface area contributed by atoms with Crippen molar-refractivity contribution < 1.29 is 18.9 Å². The fourth-order valence-electron chi connectivity index (χ4n) is 4.32. The average molecular weight is 492 g/mol. The Labute approximate surface area is 209 Å². The highest BCUT2D eigenvalue weighted by Gasteiger charge is 2.19. The van der Waals surface area contributed by atoms with E-state index in [-0.39, 0.29) is 0 Å². The summed E-state index contributed by atoms with van der Waals surface area (Å²) in [6.45, 7) is 5.48. The first-order chi connectivity index (χ1) is 17.2. The average Bonchev–Trinajstić information content (AvgIpc) is 3.34. The number of anilines is 1. The van der Waals surface area contributed by atoms with Crippen LogP contribution in [-0.4, -0.2) is 57.1 Å². The molecule has 0 aliphatic carbocycles. The molecule has 1 aliphatic rings. The predicted molar refractivity (Wildman–Crippen MR) is 139 cm³/mol. The Morgan fingerprint density at radius 2 is 1.86 bits per heavy atom. The second-order valence-corrected chi connectivity index (χ2v) is 9.61. The number of para-hydroxylation sites is 1. The molecule has 182 valence electrons. The molecule has 7 nitrogen and oxygen atoms in total. The number of ether oxygens (including phenoxy) is 4. The van der Waals surface area contributed by atoms with Crippen LogP contribution in [0.4, 0.5) is 5.82 Å². The van der Waals surface area contributed by atoms with Crippen molar-refractivity contribution in [3.05, 3.63) is 59.0 Å². The number of methoxy groups -OCH3 is 2. The third-order valence-electron chi connectivity index (χ3n) is 6.08. The molecule has 8 heteroatoms. The van der Waals surface area contributed by atoms with Crippen LogP contribution in [0.3, 0.4) is 0 Å². The molecule has 0 N–H and O–H groups in total. The minimum absolute atomic E-state index is 0.376.